The van der Waals surface area contributed by atoms with Crippen LogP contribution in [-0.4, -0.2) is 52.2 Å². The van der Waals surface area contributed by atoms with Crippen LogP contribution in [0.5, 0.6) is 0 Å². The SMILES string of the molecule is O=C(Nc1cnc(N2CCC3(CC2)CCC(F)(F)CO3)c(Cl)c1)Nc1c[nH]c2cccnc12. The van der Waals surface area contributed by atoms with E-state index >= 15 is 0 Å². The number of alkyl halides is 2. The Balaban J connectivity index is 1.20. The molecule has 0 unspecified atom stereocenters. The van der Waals surface area contributed by atoms with Crippen molar-refractivity contribution in [3.63, 3.8) is 0 Å². The number of anilines is 3. The summed E-state index contributed by atoms with van der Waals surface area (Å²) in [6, 6.07) is 4.87. The Hall–Kier alpha value is -2.98. The van der Waals surface area contributed by atoms with Crippen molar-refractivity contribution in [3.05, 3.63) is 41.8 Å². The summed E-state index contributed by atoms with van der Waals surface area (Å²) in [4.78, 5) is 26.2. The number of rotatable bonds is 3. The van der Waals surface area contributed by atoms with Gasteiger partial charge >= 0.3 is 6.03 Å². The van der Waals surface area contributed by atoms with Gasteiger partial charge in [-0.15, -0.1) is 0 Å². The van der Waals surface area contributed by atoms with E-state index in [1.807, 2.05) is 11.0 Å². The maximum Gasteiger partial charge on any atom is 0.323 e. The molecule has 5 rings (SSSR count). The minimum Gasteiger partial charge on any atom is -0.369 e. The first kappa shape index (κ1) is 21.8. The van der Waals surface area contributed by atoms with E-state index in [1.54, 1.807) is 24.5 Å². The molecule has 2 amide bonds. The van der Waals surface area contributed by atoms with Crippen LogP contribution in [0.4, 0.5) is 30.8 Å². The molecule has 2 aliphatic rings. The van der Waals surface area contributed by atoms with E-state index in [0.29, 0.717) is 60.1 Å². The number of urea groups is 1. The summed E-state index contributed by atoms with van der Waals surface area (Å²) in [5, 5.41) is 5.88. The lowest BCUT2D eigenvalue weighted by Crippen LogP contribution is -2.51. The zero-order valence-electron chi connectivity index (χ0n) is 17.7. The Labute approximate surface area is 193 Å². The maximum atomic E-state index is 13.4. The van der Waals surface area contributed by atoms with Crippen LogP contribution in [0.2, 0.25) is 5.02 Å². The molecule has 0 aromatic carbocycles. The van der Waals surface area contributed by atoms with Crippen LogP contribution in [0.3, 0.4) is 0 Å². The van der Waals surface area contributed by atoms with E-state index < -0.39 is 24.2 Å². The second-order valence-electron chi connectivity index (χ2n) is 8.53. The zero-order valence-corrected chi connectivity index (χ0v) is 18.5. The molecule has 5 heterocycles. The normalized spacial score (nSPS) is 19.5. The first-order chi connectivity index (χ1) is 15.8. The lowest BCUT2D eigenvalue weighted by Gasteiger charge is -2.45. The van der Waals surface area contributed by atoms with Crippen LogP contribution >= 0.6 is 11.6 Å². The molecule has 1 spiro atoms. The number of carbonyl (C=O) groups is 1. The van der Waals surface area contributed by atoms with Crippen molar-refractivity contribution in [2.75, 3.05) is 35.2 Å². The number of nitrogens with one attached hydrogen (secondary N) is 3. The summed E-state index contributed by atoms with van der Waals surface area (Å²) >= 11 is 6.46. The largest absolute Gasteiger partial charge is 0.369 e. The number of amides is 2. The number of aromatic amines is 1. The van der Waals surface area contributed by atoms with Crippen molar-refractivity contribution in [1.29, 1.82) is 0 Å². The smallest absolute Gasteiger partial charge is 0.323 e. The van der Waals surface area contributed by atoms with Gasteiger partial charge in [0.15, 0.2) is 0 Å². The molecule has 2 saturated heterocycles. The molecule has 0 aliphatic carbocycles. The fourth-order valence-corrected chi connectivity index (χ4v) is 4.69. The number of nitrogens with zero attached hydrogens (tertiary/aromatic N) is 3. The minimum absolute atomic E-state index is 0.136. The van der Waals surface area contributed by atoms with Crippen LogP contribution in [-0.2, 0) is 4.74 Å². The Bertz CT molecular complexity index is 1170. The summed E-state index contributed by atoms with van der Waals surface area (Å²) in [5.74, 6) is -2.13. The molecule has 8 nitrogen and oxygen atoms in total. The van der Waals surface area contributed by atoms with Crippen molar-refractivity contribution >= 4 is 45.9 Å². The first-order valence-electron chi connectivity index (χ1n) is 10.8. The van der Waals surface area contributed by atoms with Gasteiger partial charge < -0.3 is 25.3 Å². The number of hydrogen-bond acceptors (Lipinski definition) is 5. The average molecular weight is 477 g/mol. The second kappa shape index (κ2) is 8.42. The Kier molecular flexibility index (Phi) is 5.57. The molecule has 2 aliphatic heterocycles. The second-order valence-corrected chi connectivity index (χ2v) is 8.93. The Morgan fingerprint density at radius 2 is 2.00 bits per heavy atom. The Morgan fingerprint density at radius 3 is 2.73 bits per heavy atom. The number of H-pyrrole nitrogens is 1. The standard InChI is InChI=1S/C22H23ClF2N6O2/c23-15-10-14(29-20(32)30-17-12-27-16-2-1-7-26-18(16)17)11-28-19(15)31-8-5-21(6-9-31)3-4-22(24,25)13-33-21/h1-2,7,10-12,27H,3-6,8-9,13H2,(H2,29,30,32). The van der Waals surface area contributed by atoms with Crippen molar-refractivity contribution in [1.82, 2.24) is 15.0 Å². The van der Waals surface area contributed by atoms with Crippen LogP contribution in [0.15, 0.2) is 36.8 Å². The average Bonchev–Trinajstić information content (AvgIpc) is 3.20. The molecular formula is C22H23ClF2N6O2. The van der Waals surface area contributed by atoms with Gasteiger partial charge in [0.25, 0.3) is 5.92 Å². The molecule has 174 valence electrons. The van der Waals surface area contributed by atoms with Crippen LogP contribution < -0.4 is 15.5 Å². The lowest BCUT2D eigenvalue weighted by molar-refractivity contribution is -0.193. The highest BCUT2D eigenvalue weighted by molar-refractivity contribution is 6.33. The van der Waals surface area contributed by atoms with Gasteiger partial charge in [0.05, 0.1) is 33.7 Å². The third kappa shape index (κ3) is 4.58. The fraction of sp³-hybridized carbons (Fsp3) is 0.409. The van der Waals surface area contributed by atoms with Crippen LogP contribution in [0, 0.1) is 0 Å². The lowest BCUT2D eigenvalue weighted by atomic mass is 9.83. The monoisotopic (exact) mass is 476 g/mol. The number of hydrogen-bond donors (Lipinski definition) is 3. The van der Waals surface area contributed by atoms with Gasteiger partial charge in [-0.25, -0.2) is 18.6 Å². The number of ether oxygens (including phenoxy) is 1. The highest BCUT2D eigenvalue weighted by Crippen LogP contribution is 2.41. The minimum atomic E-state index is -2.73. The fourth-order valence-electron chi connectivity index (χ4n) is 4.40. The predicted molar refractivity (Wildman–Crippen MR) is 122 cm³/mol. The highest BCUT2D eigenvalue weighted by atomic mass is 35.5. The number of piperidine rings is 1. The van der Waals surface area contributed by atoms with Crippen molar-refractivity contribution in [2.45, 2.75) is 37.2 Å². The summed E-state index contributed by atoms with van der Waals surface area (Å²) in [7, 11) is 0. The molecule has 3 N–H and O–H groups in total. The molecule has 0 saturated carbocycles. The van der Waals surface area contributed by atoms with Gasteiger partial charge in [0.2, 0.25) is 0 Å². The molecule has 0 radical (unpaired) electrons. The van der Waals surface area contributed by atoms with Crippen molar-refractivity contribution in [3.8, 4) is 0 Å². The van der Waals surface area contributed by atoms with Gasteiger partial charge in [-0.05, 0) is 37.5 Å². The molecule has 0 bridgehead atoms. The van der Waals surface area contributed by atoms with Crippen LogP contribution in [0.1, 0.15) is 25.7 Å². The van der Waals surface area contributed by atoms with E-state index in [9.17, 15) is 13.6 Å². The number of halogens is 3. The van der Waals surface area contributed by atoms with E-state index in [2.05, 4.69) is 25.6 Å². The number of pyridine rings is 2. The molecule has 11 heteroatoms. The number of carbonyl (C=O) groups excluding carboxylic acids is 1. The third-order valence-corrected chi connectivity index (χ3v) is 6.55. The van der Waals surface area contributed by atoms with Crippen LogP contribution in [0.25, 0.3) is 11.0 Å². The van der Waals surface area contributed by atoms with E-state index in [4.69, 9.17) is 16.3 Å². The van der Waals surface area contributed by atoms with E-state index in [1.165, 1.54) is 6.20 Å². The van der Waals surface area contributed by atoms with E-state index in [0.717, 1.165) is 5.52 Å². The van der Waals surface area contributed by atoms with Crippen molar-refractivity contribution < 1.29 is 18.3 Å². The summed E-state index contributed by atoms with van der Waals surface area (Å²) in [5.41, 5.74) is 2.00. The van der Waals surface area contributed by atoms with Gasteiger partial charge in [-0.3, -0.25) is 4.98 Å². The maximum absolute atomic E-state index is 13.4. The van der Waals surface area contributed by atoms with Gasteiger partial charge in [-0.1, -0.05) is 11.6 Å². The zero-order chi connectivity index (χ0) is 23.1. The predicted octanol–water partition coefficient (Wildman–Crippen LogP) is 5.04. The highest BCUT2D eigenvalue weighted by Gasteiger charge is 2.46. The summed E-state index contributed by atoms with van der Waals surface area (Å²) in [6.45, 7) is 0.710. The van der Waals surface area contributed by atoms with Gasteiger partial charge in [0.1, 0.15) is 17.9 Å². The first-order valence-corrected chi connectivity index (χ1v) is 11.1. The number of aromatic nitrogens is 3. The third-order valence-electron chi connectivity index (χ3n) is 6.27. The number of fused-ring (bicyclic) bond motifs is 1. The Morgan fingerprint density at radius 1 is 1.18 bits per heavy atom. The quantitative estimate of drug-likeness (QED) is 0.492. The van der Waals surface area contributed by atoms with Crippen molar-refractivity contribution in [2.24, 2.45) is 0 Å². The molecule has 0 atom stereocenters. The summed E-state index contributed by atoms with van der Waals surface area (Å²) in [6.07, 6.45) is 6.37. The molecule has 2 fully saturated rings. The topological polar surface area (TPSA) is 95.2 Å². The molecular weight excluding hydrogens is 454 g/mol. The van der Waals surface area contributed by atoms with Gasteiger partial charge in [-0.2, -0.15) is 0 Å². The van der Waals surface area contributed by atoms with Gasteiger partial charge in [0, 0.05) is 31.9 Å². The molecule has 3 aromatic heterocycles. The summed E-state index contributed by atoms with van der Waals surface area (Å²) < 4.78 is 32.5. The van der Waals surface area contributed by atoms with E-state index in [-0.39, 0.29) is 6.42 Å². The molecule has 3 aromatic rings. The molecule has 33 heavy (non-hydrogen) atoms.